The number of carbonyl (C=O) groups is 1. The minimum absolute atomic E-state index is 0.164. The lowest BCUT2D eigenvalue weighted by atomic mass is 10.1. The molecule has 0 fully saturated rings. The zero-order valence-corrected chi connectivity index (χ0v) is 10.6. The van der Waals surface area contributed by atoms with Crippen molar-refractivity contribution in [3.05, 3.63) is 28.7 Å². The first-order valence-corrected chi connectivity index (χ1v) is 5.37. The van der Waals surface area contributed by atoms with Gasteiger partial charge in [-0.3, -0.25) is 4.79 Å². The molecule has 0 saturated heterocycles. The quantitative estimate of drug-likeness (QED) is 0.918. The van der Waals surface area contributed by atoms with Gasteiger partial charge in [-0.15, -0.1) is 0 Å². The topological polar surface area (TPSA) is 38.3 Å². The molecule has 0 unspecified atom stereocenters. The molecule has 0 aliphatic rings. The van der Waals surface area contributed by atoms with Crippen LogP contribution < -0.4 is 5.32 Å². The van der Waals surface area contributed by atoms with Crippen LogP contribution >= 0.6 is 15.9 Å². The zero-order chi connectivity index (χ0) is 11.5. The Morgan fingerprint density at radius 3 is 2.67 bits per heavy atom. The van der Waals surface area contributed by atoms with Crippen molar-refractivity contribution in [1.29, 1.82) is 0 Å². The average molecular weight is 272 g/mol. The predicted molar refractivity (Wildman–Crippen MR) is 63.9 cm³/mol. The molecule has 15 heavy (non-hydrogen) atoms. The highest BCUT2D eigenvalue weighted by Crippen LogP contribution is 2.17. The summed E-state index contributed by atoms with van der Waals surface area (Å²) in [6, 6.07) is 7.43. The number of benzene rings is 1. The van der Waals surface area contributed by atoms with E-state index >= 15 is 0 Å². The number of methoxy groups -OCH3 is 1. The van der Waals surface area contributed by atoms with Crippen molar-refractivity contribution in [3.8, 4) is 0 Å². The molecule has 0 spiro atoms. The molecule has 1 amide bonds. The number of amides is 1. The highest BCUT2D eigenvalue weighted by atomic mass is 79.9. The van der Waals surface area contributed by atoms with Gasteiger partial charge in [0.25, 0.3) is 5.91 Å². The first-order valence-electron chi connectivity index (χ1n) is 4.58. The van der Waals surface area contributed by atoms with E-state index in [1.165, 1.54) is 7.11 Å². The Bertz CT molecular complexity index is 363. The van der Waals surface area contributed by atoms with Crippen LogP contribution in [-0.2, 0) is 9.53 Å². The number of carbonyl (C=O) groups excluding carboxylic acids is 1. The second-order valence-corrected chi connectivity index (χ2v) is 4.59. The van der Waals surface area contributed by atoms with Gasteiger partial charge in [0.2, 0.25) is 0 Å². The van der Waals surface area contributed by atoms with Crippen LogP contribution in [0.2, 0.25) is 0 Å². The molecule has 1 aromatic carbocycles. The third-order valence-corrected chi connectivity index (χ3v) is 2.63. The summed E-state index contributed by atoms with van der Waals surface area (Å²) in [6.07, 6.45) is 0. The van der Waals surface area contributed by atoms with Gasteiger partial charge in [-0.2, -0.15) is 0 Å². The Balaban J connectivity index is 2.75. The minimum atomic E-state index is -0.817. The molecule has 0 aromatic heterocycles. The fourth-order valence-corrected chi connectivity index (χ4v) is 1.34. The number of anilines is 1. The average Bonchev–Trinajstić information content (AvgIpc) is 2.17. The first kappa shape index (κ1) is 12.2. The van der Waals surface area contributed by atoms with E-state index in [9.17, 15) is 4.79 Å². The molecule has 0 bridgehead atoms. The number of halogens is 1. The number of nitrogens with one attached hydrogen (secondary N) is 1. The molecule has 0 atom stereocenters. The maximum absolute atomic E-state index is 11.7. The molecule has 4 heteroatoms. The van der Waals surface area contributed by atoms with Crippen molar-refractivity contribution in [2.24, 2.45) is 0 Å². The molecule has 0 aliphatic carbocycles. The third kappa shape index (κ3) is 3.32. The number of rotatable bonds is 3. The summed E-state index contributed by atoms with van der Waals surface area (Å²) in [4.78, 5) is 11.7. The summed E-state index contributed by atoms with van der Waals surface area (Å²) in [5.74, 6) is -0.164. The Labute approximate surface area is 97.9 Å². The highest BCUT2D eigenvalue weighted by molar-refractivity contribution is 9.10. The van der Waals surface area contributed by atoms with Crippen LogP contribution in [0.15, 0.2) is 28.7 Å². The molecular formula is C11H14BrNO2. The smallest absolute Gasteiger partial charge is 0.256 e. The van der Waals surface area contributed by atoms with Gasteiger partial charge in [0.05, 0.1) is 0 Å². The summed E-state index contributed by atoms with van der Waals surface area (Å²) in [7, 11) is 1.51. The van der Waals surface area contributed by atoms with Gasteiger partial charge in [-0.1, -0.05) is 22.0 Å². The van der Waals surface area contributed by atoms with Crippen molar-refractivity contribution in [3.63, 3.8) is 0 Å². The lowest BCUT2D eigenvalue weighted by molar-refractivity contribution is -0.133. The van der Waals surface area contributed by atoms with Gasteiger partial charge in [0.15, 0.2) is 0 Å². The van der Waals surface area contributed by atoms with Crippen molar-refractivity contribution >= 4 is 27.5 Å². The van der Waals surface area contributed by atoms with Crippen LogP contribution in [0.1, 0.15) is 13.8 Å². The Morgan fingerprint density at radius 2 is 2.13 bits per heavy atom. The van der Waals surface area contributed by atoms with Gasteiger partial charge in [-0.25, -0.2) is 0 Å². The standard InChI is InChI=1S/C11H14BrNO2/c1-11(2,15-3)10(14)13-9-6-4-5-8(12)7-9/h4-7H,1-3H3,(H,13,14). The van der Waals surface area contributed by atoms with Crippen molar-refractivity contribution < 1.29 is 9.53 Å². The maximum Gasteiger partial charge on any atom is 0.256 e. The molecule has 0 aliphatic heterocycles. The maximum atomic E-state index is 11.7. The van der Waals surface area contributed by atoms with Gasteiger partial charge in [0, 0.05) is 17.3 Å². The lowest BCUT2D eigenvalue weighted by Crippen LogP contribution is -2.38. The lowest BCUT2D eigenvalue weighted by Gasteiger charge is -2.21. The van der Waals surface area contributed by atoms with Crippen molar-refractivity contribution in [2.75, 3.05) is 12.4 Å². The normalized spacial score (nSPS) is 11.2. The van der Waals surface area contributed by atoms with Crippen LogP contribution in [0.25, 0.3) is 0 Å². The molecule has 82 valence electrons. The van der Waals surface area contributed by atoms with E-state index in [2.05, 4.69) is 21.2 Å². The summed E-state index contributed by atoms with van der Waals surface area (Å²) < 4.78 is 6.00. The Kier molecular flexibility index (Phi) is 3.88. The van der Waals surface area contributed by atoms with E-state index in [1.807, 2.05) is 24.3 Å². The fourth-order valence-electron chi connectivity index (χ4n) is 0.941. The van der Waals surface area contributed by atoms with E-state index < -0.39 is 5.60 Å². The first-order chi connectivity index (χ1) is 6.95. The van der Waals surface area contributed by atoms with E-state index in [0.717, 1.165) is 10.2 Å². The van der Waals surface area contributed by atoms with Crippen molar-refractivity contribution in [1.82, 2.24) is 0 Å². The number of hydrogen-bond donors (Lipinski definition) is 1. The van der Waals surface area contributed by atoms with Crippen LogP contribution in [-0.4, -0.2) is 18.6 Å². The molecule has 0 heterocycles. The van der Waals surface area contributed by atoms with E-state index in [0.29, 0.717) is 0 Å². The van der Waals surface area contributed by atoms with Gasteiger partial charge in [-0.05, 0) is 32.0 Å². The molecule has 3 nitrogen and oxygen atoms in total. The number of ether oxygens (including phenoxy) is 1. The monoisotopic (exact) mass is 271 g/mol. The van der Waals surface area contributed by atoms with E-state index in [4.69, 9.17) is 4.74 Å². The van der Waals surface area contributed by atoms with Crippen LogP contribution in [0.4, 0.5) is 5.69 Å². The summed E-state index contributed by atoms with van der Waals surface area (Å²) in [5, 5.41) is 2.78. The highest BCUT2D eigenvalue weighted by Gasteiger charge is 2.26. The zero-order valence-electron chi connectivity index (χ0n) is 9.00. The summed E-state index contributed by atoms with van der Waals surface area (Å²) in [6.45, 7) is 3.45. The third-order valence-electron chi connectivity index (χ3n) is 2.14. The summed E-state index contributed by atoms with van der Waals surface area (Å²) in [5.41, 5.74) is -0.0676. The number of hydrogen-bond acceptors (Lipinski definition) is 2. The van der Waals surface area contributed by atoms with Crippen LogP contribution in [0, 0.1) is 0 Å². The molecule has 1 N–H and O–H groups in total. The Morgan fingerprint density at radius 1 is 1.47 bits per heavy atom. The van der Waals surface area contributed by atoms with E-state index in [1.54, 1.807) is 13.8 Å². The van der Waals surface area contributed by atoms with E-state index in [-0.39, 0.29) is 5.91 Å². The molecular weight excluding hydrogens is 258 g/mol. The van der Waals surface area contributed by atoms with Gasteiger partial charge in [0.1, 0.15) is 5.60 Å². The summed E-state index contributed by atoms with van der Waals surface area (Å²) >= 11 is 3.34. The second-order valence-electron chi connectivity index (χ2n) is 3.68. The molecule has 0 radical (unpaired) electrons. The van der Waals surface area contributed by atoms with Crippen LogP contribution in [0.3, 0.4) is 0 Å². The predicted octanol–water partition coefficient (Wildman–Crippen LogP) is 2.81. The Hall–Kier alpha value is -0.870. The molecule has 1 rings (SSSR count). The van der Waals surface area contributed by atoms with Gasteiger partial charge >= 0.3 is 0 Å². The molecule has 1 aromatic rings. The largest absolute Gasteiger partial charge is 0.369 e. The second kappa shape index (κ2) is 4.77. The molecule has 0 saturated carbocycles. The SMILES string of the molecule is COC(C)(C)C(=O)Nc1cccc(Br)c1. The van der Waals surface area contributed by atoms with Gasteiger partial charge < -0.3 is 10.1 Å². The van der Waals surface area contributed by atoms with Crippen LogP contribution in [0.5, 0.6) is 0 Å². The minimum Gasteiger partial charge on any atom is -0.369 e. The van der Waals surface area contributed by atoms with Crippen molar-refractivity contribution in [2.45, 2.75) is 19.4 Å². The fraction of sp³-hybridized carbons (Fsp3) is 0.364.